The molecular formula is C16H25N3O. The molecule has 0 bridgehead atoms. The molecule has 1 aromatic rings. The highest BCUT2D eigenvalue weighted by atomic mass is 16.1. The van der Waals surface area contributed by atoms with Crippen LogP contribution in [0.4, 0.5) is 5.69 Å². The number of nitrogens with zero attached hydrogens (tertiary/aromatic N) is 1. The molecule has 1 amide bonds. The van der Waals surface area contributed by atoms with Crippen molar-refractivity contribution in [1.82, 2.24) is 10.2 Å². The van der Waals surface area contributed by atoms with Crippen molar-refractivity contribution in [3.8, 4) is 0 Å². The quantitative estimate of drug-likeness (QED) is 0.830. The molecular weight excluding hydrogens is 250 g/mol. The van der Waals surface area contributed by atoms with E-state index in [9.17, 15) is 4.79 Å². The Kier molecular flexibility index (Phi) is 4.33. The lowest BCUT2D eigenvalue weighted by atomic mass is 9.80. The fourth-order valence-electron chi connectivity index (χ4n) is 2.60. The Morgan fingerprint density at radius 1 is 1.40 bits per heavy atom. The number of hydrogen-bond donors (Lipinski definition) is 2. The number of para-hydroxylation sites is 1. The first kappa shape index (κ1) is 14.9. The first-order valence-corrected chi connectivity index (χ1v) is 7.23. The number of nitrogens with one attached hydrogen (secondary N) is 1. The molecule has 110 valence electrons. The van der Waals surface area contributed by atoms with Gasteiger partial charge >= 0.3 is 0 Å². The van der Waals surface area contributed by atoms with Gasteiger partial charge in [-0.1, -0.05) is 19.1 Å². The summed E-state index contributed by atoms with van der Waals surface area (Å²) in [7, 11) is 2.14. The second-order valence-corrected chi connectivity index (χ2v) is 6.33. The second-order valence-electron chi connectivity index (χ2n) is 6.33. The lowest BCUT2D eigenvalue weighted by Crippen LogP contribution is -2.43. The highest BCUT2D eigenvalue weighted by molar-refractivity contribution is 5.99. The molecule has 3 N–H and O–H groups in total. The fraction of sp³-hybridized carbons (Fsp3) is 0.562. The summed E-state index contributed by atoms with van der Waals surface area (Å²) < 4.78 is 0. The Labute approximate surface area is 121 Å². The van der Waals surface area contributed by atoms with Crippen molar-refractivity contribution in [3.63, 3.8) is 0 Å². The van der Waals surface area contributed by atoms with E-state index in [0.717, 1.165) is 31.5 Å². The standard InChI is InChI=1S/C16H25N3O/c1-12-5-4-6-13(14(12)17)15(20)18-11-16(2)7-9-19(3)10-8-16/h4-6H,7-11,17H2,1-3H3,(H,18,20). The van der Waals surface area contributed by atoms with E-state index >= 15 is 0 Å². The lowest BCUT2D eigenvalue weighted by molar-refractivity contribution is 0.0892. The Morgan fingerprint density at radius 2 is 2.05 bits per heavy atom. The van der Waals surface area contributed by atoms with Gasteiger partial charge in [0.05, 0.1) is 5.56 Å². The highest BCUT2D eigenvalue weighted by Gasteiger charge is 2.29. The van der Waals surface area contributed by atoms with Crippen LogP contribution in [0.3, 0.4) is 0 Å². The molecule has 0 radical (unpaired) electrons. The summed E-state index contributed by atoms with van der Waals surface area (Å²) in [5, 5.41) is 3.05. The average Bonchev–Trinajstić information content (AvgIpc) is 2.43. The van der Waals surface area contributed by atoms with Crippen LogP contribution < -0.4 is 11.1 Å². The number of amides is 1. The molecule has 0 atom stereocenters. The smallest absolute Gasteiger partial charge is 0.253 e. The SMILES string of the molecule is Cc1cccc(C(=O)NCC2(C)CCN(C)CC2)c1N. The zero-order valence-electron chi connectivity index (χ0n) is 12.7. The summed E-state index contributed by atoms with van der Waals surface area (Å²) in [5.41, 5.74) is 8.29. The normalized spacial score (nSPS) is 18.8. The number of anilines is 1. The van der Waals surface area contributed by atoms with Crippen LogP contribution in [0.2, 0.25) is 0 Å². The van der Waals surface area contributed by atoms with Crippen molar-refractivity contribution < 1.29 is 4.79 Å². The molecule has 1 fully saturated rings. The van der Waals surface area contributed by atoms with E-state index in [1.165, 1.54) is 0 Å². The van der Waals surface area contributed by atoms with Crippen molar-refractivity contribution in [1.29, 1.82) is 0 Å². The van der Waals surface area contributed by atoms with Gasteiger partial charge in [0, 0.05) is 12.2 Å². The maximum atomic E-state index is 12.3. The van der Waals surface area contributed by atoms with Crippen LogP contribution in [-0.4, -0.2) is 37.5 Å². The molecule has 4 nitrogen and oxygen atoms in total. The monoisotopic (exact) mass is 275 g/mol. The van der Waals surface area contributed by atoms with Crippen LogP contribution in [0, 0.1) is 12.3 Å². The van der Waals surface area contributed by atoms with Crippen LogP contribution in [0.25, 0.3) is 0 Å². The molecule has 1 aliphatic heterocycles. The number of carbonyl (C=O) groups excluding carboxylic acids is 1. The summed E-state index contributed by atoms with van der Waals surface area (Å²) in [4.78, 5) is 14.6. The molecule has 1 aliphatic rings. The van der Waals surface area contributed by atoms with E-state index in [-0.39, 0.29) is 11.3 Å². The molecule has 0 unspecified atom stereocenters. The van der Waals surface area contributed by atoms with Crippen LogP contribution >= 0.6 is 0 Å². The maximum Gasteiger partial charge on any atom is 0.253 e. The zero-order valence-corrected chi connectivity index (χ0v) is 12.7. The van der Waals surface area contributed by atoms with E-state index in [1.54, 1.807) is 6.07 Å². The Morgan fingerprint density at radius 3 is 2.70 bits per heavy atom. The van der Waals surface area contributed by atoms with Crippen molar-refractivity contribution in [3.05, 3.63) is 29.3 Å². The summed E-state index contributed by atoms with van der Waals surface area (Å²) in [6.45, 7) is 7.08. The molecule has 2 rings (SSSR count). The zero-order chi connectivity index (χ0) is 14.8. The number of nitrogens with two attached hydrogens (primary N) is 1. The van der Waals surface area contributed by atoms with E-state index < -0.39 is 0 Å². The second kappa shape index (κ2) is 5.83. The number of carbonyl (C=O) groups is 1. The van der Waals surface area contributed by atoms with E-state index in [4.69, 9.17) is 5.73 Å². The molecule has 0 spiro atoms. The van der Waals surface area contributed by atoms with Gasteiger partial charge in [-0.3, -0.25) is 4.79 Å². The van der Waals surface area contributed by atoms with Crippen LogP contribution in [0.15, 0.2) is 18.2 Å². The number of likely N-dealkylation sites (tertiary alicyclic amines) is 1. The number of rotatable bonds is 3. The molecule has 4 heteroatoms. The molecule has 1 aromatic carbocycles. The summed E-state index contributed by atoms with van der Waals surface area (Å²) in [5.74, 6) is -0.0636. The summed E-state index contributed by atoms with van der Waals surface area (Å²) in [6, 6.07) is 5.58. The third-order valence-electron chi connectivity index (χ3n) is 4.44. The van der Waals surface area contributed by atoms with Crippen molar-refractivity contribution in [2.24, 2.45) is 5.41 Å². The van der Waals surface area contributed by atoms with Crippen molar-refractivity contribution in [2.75, 3.05) is 32.4 Å². The van der Waals surface area contributed by atoms with Crippen molar-refractivity contribution >= 4 is 11.6 Å². The van der Waals surface area contributed by atoms with Gasteiger partial charge in [-0.05, 0) is 56.9 Å². The number of hydrogen-bond acceptors (Lipinski definition) is 3. The summed E-state index contributed by atoms with van der Waals surface area (Å²) in [6.07, 6.45) is 2.24. The Bertz CT molecular complexity index is 490. The van der Waals surface area contributed by atoms with Crippen LogP contribution in [0.1, 0.15) is 35.7 Å². The summed E-state index contributed by atoms with van der Waals surface area (Å²) >= 11 is 0. The van der Waals surface area contributed by atoms with Gasteiger partial charge in [-0.2, -0.15) is 0 Å². The number of nitrogen functional groups attached to an aromatic ring is 1. The molecule has 20 heavy (non-hydrogen) atoms. The molecule has 1 saturated heterocycles. The van der Waals surface area contributed by atoms with Gasteiger partial charge in [0.2, 0.25) is 0 Å². The van der Waals surface area contributed by atoms with Crippen LogP contribution in [-0.2, 0) is 0 Å². The van der Waals surface area contributed by atoms with E-state index in [0.29, 0.717) is 17.8 Å². The molecule has 1 heterocycles. The van der Waals surface area contributed by atoms with E-state index in [2.05, 4.69) is 24.2 Å². The Hall–Kier alpha value is -1.55. The lowest BCUT2D eigenvalue weighted by Gasteiger charge is -2.38. The van der Waals surface area contributed by atoms with Gasteiger partial charge in [0.25, 0.3) is 5.91 Å². The number of aryl methyl sites for hydroxylation is 1. The minimum Gasteiger partial charge on any atom is -0.398 e. The number of piperidine rings is 1. The molecule has 0 aromatic heterocycles. The topological polar surface area (TPSA) is 58.4 Å². The maximum absolute atomic E-state index is 12.3. The third kappa shape index (κ3) is 3.31. The minimum absolute atomic E-state index is 0.0636. The number of benzene rings is 1. The third-order valence-corrected chi connectivity index (χ3v) is 4.44. The van der Waals surface area contributed by atoms with Gasteiger partial charge in [0.15, 0.2) is 0 Å². The van der Waals surface area contributed by atoms with Gasteiger partial charge in [0.1, 0.15) is 0 Å². The minimum atomic E-state index is -0.0636. The first-order chi connectivity index (χ1) is 9.41. The molecule has 0 saturated carbocycles. The van der Waals surface area contributed by atoms with Gasteiger partial charge in [-0.15, -0.1) is 0 Å². The predicted molar refractivity (Wildman–Crippen MR) is 82.8 cm³/mol. The van der Waals surface area contributed by atoms with Crippen LogP contribution in [0.5, 0.6) is 0 Å². The van der Waals surface area contributed by atoms with Crippen molar-refractivity contribution in [2.45, 2.75) is 26.7 Å². The van der Waals surface area contributed by atoms with Gasteiger partial charge in [-0.25, -0.2) is 0 Å². The highest BCUT2D eigenvalue weighted by Crippen LogP contribution is 2.29. The Balaban J connectivity index is 1.97. The van der Waals surface area contributed by atoms with Gasteiger partial charge < -0.3 is 16.0 Å². The largest absolute Gasteiger partial charge is 0.398 e. The molecule has 0 aliphatic carbocycles. The average molecular weight is 275 g/mol. The van der Waals surface area contributed by atoms with E-state index in [1.807, 2.05) is 19.1 Å². The fourth-order valence-corrected chi connectivity index (χ4v) is 2.60. The predicted octanol–water partition coefficient (Wildman–Crippen LogP) is 2.04. The first-order valence-electron chi connectivity index (χ1n) is 7.23.